The topological polar surface area (TPSA) is 228 Å². The molecular formula is C45H41Cl3F4N12O6. The Labute approximate surface area is 426 Å². The lowest BCUT2D eigenvalue weighted by Gasteiger charge is -2.16. The molecule has 2 aliphatic rings. The molecule has 25 heteroatoms. The fraction of sp³-hybridized carbons (Fsp3) is 0.222. The molecule has 2 atom stereocenters. The number of imidazole rings is 1. The standard InChI is InChI=1S/C21H18ClF2N5O3.C16H13ClF2N2O.C8H9N5O2.ClH/c1-29-10-25-18(28-29)9-32-21(31)27-17-7-4-12-13(3-6-16(24)19(12)17)20(30)26-11-2-5-15(23)14(22)8-11;17-11-7-8(1-4-12(11)18)21-16(22)10-2-5-13(19)15-9(10)3-6-14(15)20;1-12-6-10-7(11-12)4-15-8(14)13-3-2-9-5-13;/h2-3,5-6,8,10,17H,4,7,9H2,1H3,(H,26,30)(H,27,31);1-2,4-5,7,14H,3,6,20H2,(H,21,22);2-3,5-6H,4H2,1H3;1H/t17-;14-;;/m00../s1/i1D3,9D2;;1D3,4D2;. The number of alkyl carbamates (subject to hydrolysis) is 1. The summed E-state index contributed by atoms with van der Waals surface area (Å²) in [7, 11) is 0. The second kappa shape index (κ2) is 23.3. The number of hydrogen-bond donors (Lipinski definition) is 4. The van der Waals surface area contributed by atoms with E-state index in [1.54, 1.807) is 0 Å². The van der Waals surface area contributed by atoms with Crippen LogP contribution in [0.5, 0.6) is 0 Å². The van der Waals surface area contributed by atoms with Crippen LogP contribution in [0.3, 0.4) is 0 Å². The SMILES string of the molecule is Cl.N[C@H]1CCc2c(C(=O)Nc3ccc(F)c(Cl)c3)ccc(F)c21.[2H]C([2H])(OC(=O)N[C@H]1CCc2c(C(=O)Nc3ccc(F)c(Cl)c3)ccc(F)c21)c1ncn(C([2H])([2H])[2H])n1.[2H]C([2H])(OC(=O)n1ccnc1)c1ncn(C([2H])([2H])[2H])n1. The Balaban J connectivity index is 0.000000206. The molecule has 0 fully saturated rings. The molecule has 3 heterocycles. The molecule has 7 aromatic rings. The number of aromatic nitrogens is 8. The van der Waals surface area contributed by atoms with Crippen LogP contribution in [0, 0.1) is 23.3 Å². The first-order chi connectivity index (χ1) is 36.9. The van der Waals surface area contributed by atoms with Gasteiger partial charge in [-0.25, -0.2) is 46.7 Å². The quantitative estimate of drug-likeness (QED) is 0.100. The number of rotatable bonds is 9. The number of amides is 3. The number of nitrogens with zero attached hydrogens (tertiary/aromatic N) is 8. The van der Waals surface area contributed by atoms with Crippen LogP contribution in [0.1, 0.15) is 93.3 Å². The minimum absolute atomic E-state index is 0. The van der Waals surface area contributed by atoms with E-state index in [2.05, 4.69) is 45.8 Å². The van der Waals surface area contributed by atoms with E-state index >= 15 is 0 Å². The lowest BCUT2D eigenvalue weighted by Crippen LogP contribution is -2.28. The molecular weight excluding hydrogens is 987 g/mol. The molecule has 5 N–H and O–H groups in total. The zero-order valence-electron chi connectivity index (χ0n) is 45.4. The normalized spacial score (nSPS) is 17.0. The van der Waals surface area contributed by atoms with E-state index in [4.69, 9.17) is 47.4 Å². The highest BCUT2D eigenvalue weighted by molar-refractivity contribution is 6.31. The zero-order chi connectivity index (χ0) is 57.9. The van der Waals surface area contributed by atoms with Crippen molar-refractivity contribution in [3.63, 3.8) is 0 Å². The number of halogens is 7. The Morgan fingerprint density at radius 2 is 1.26 bits per heavy atom. The summed E-state index contributed by atoms with van der Waals surface area (Å²) in [5.74, 6) is -4.56. The maximum Gasteiger partial charge on any atom is 0.419 e. The van der Waals surface area contributed by atoms with Gasteiger partial charge in [-0.3, -0.25) is 19.0 Å². The predicted octanol–water partition coefficient (Wildman–Crippen LogP) is 8.35. The molecule has 0 radical (unpaired) electrons. The predicted molar refractivity (Wildman–Crippen MR) is 248 cm³/mol. The van der Waals surface area contributed by atoms with E-state index in [0.29, 0.717) is 50.1 Å². The molecule has 9 rings (SSSR count). The number of anilines is 2. The van der Waals surface area contributed by atoms with Crippen LogP contribution >= 0.6 is 35.6 Å². The first-order valence-corrected chi connectivity index (χ1v) is 20.7. The van der Waals surface area contributed by atoms with Gasteiger partial charge >= 0.3 is 12.2 Å². The van der Waals surface area contributed by atoms with Crippen LogP contribution < -0.4 is 21.7 Å². The van der Waals surface area contributed by atoms with Crippen molar-refractivity contribution in [1.29, 1.82) is 0 Å². The van der Waals surface area contributed by atoms with Crippen molar-refractivity contribution in [2.45, 2.75) is 50.9 Å². The van der Waals surface area contributed by atoms with Crippen molar-refractivity contribution in [1.82, 2.24) is 44.4 Å². The summed E-state index contributed by atoms with van der Waals surface area (Å²) in [6.07, 6.45) is 4.59. The summed E-state index contributed by atoms with van der Waals surface area (Å²) in [5.41, 5.74) is 8.39. The summed E-state index contributed by atoms with van der Waals surface area (Å²) in [6, 6.07) is 11.2. The zero-order valence-corrected chi connectivity index (χ0v) is 37.8. The maximum absolute atomic E-state index is 14.7. The van der Waals surface area contributed by atoms with E-state index < -0.39 is 86.2 Å². The smallest absolute Gasteiger partial charge is 0.419 e. The van der Waals surface area contributed by atoms with Crippen LogP contribution in [0.25, 0.3) is 0 Å². The summed E-state index contributed by atoms with van der Waals surface area (Å²) < 4.78 is 140. The molecule has 0 bridgehead atoms. The van der Waals surface area contributed by atoms with Gasteiger partial charge in [-0.15, -0.1) is 12.4 Å². The van der Waals surface area contributed by atoms with Gasteiger partial charge in [0.15, 0.2) is 24.8 Å². The fourth-order valence-corrected chi connectivity index (χ4v) is 7.33. The molecule has 70 heavy (non-hydrogen) atoms. The fourth-order valence-electron chi connectivity index (χ4n) is 6.97. The molecule has 366 valence electrons. The van der Waals surface area contributed by atoms with Crippen LogP contribution in [0.15, 0.2) is 92.0 Å². The van der Waals surface area contributed by atoms with Crippen LogP contribution in [0.4, 0.5) is 38.5 Å². The number of aryl methyl sites for hydroxylation is 2. The van der Waals surface area contributed by atoms with Crippen molar-refractivity contribution in [3.8, 4) is 0 Å². The minimum atomic E-state index is -2.89. The van der Waals surface area contributed by atoms with E-state index in [0.717, 1.165) is 35.7 Å². The summed E-state index contributed by atoms with van der Waals surface area (Å²) in [4.78, 5) is 59.9. The maximum atomic E-state index is 14.7. The van der Waals surface area contributed by atoms with Gasteiger partial charge in [0.2, 0.25) is 0 Å². The minimum Gasteiger partial charge on any atom is -0.441 e. The molecule has 0 spiro atoms. The van der Waals surface area contributed by atoms with Gasteiger partial charge in [0.1, 0.15) is 42.3 Å². The van der Waals surface area contributed by atoms with Gasteiger partial charge in [-0.05, 0) is 97.5 Å². The monoisotopic (exact) mass is 1040 g/mol. The molecule has 18 nitrogen and oxygen atoms in total. The highest BCUT2D eigenvalue weighted by Gasteiger charge is 2.32. The van der Waals surface area contributed by atoms with Gasteiger partial charge in [0, 0.05) is 74.2 Å². The first kappa shape index (κ1) is 39.4. The molecule has 4 aromatic carbocycles. The second-order valence-corrected chi connectivity index (χ2v) is 15.3. The summed E-state index contributed by atoms with van der Waals surface area (Å²) in [6.45, 7) is -10.9. The molecule has 2 aliphatic carbocycles. The number of hydrogen-bond acceptors (Lipinski definition) is 12. The van der Waals surface area contributed by atoms with Crippen molar-refractivity contribution < 1.29 is 59.9 Å². The van der Waals surface area contributed by atoms with Crippen LogP contribution in [-0.2, 0) is 49.4 Å². The number of carbonyl (C=O) groups excluding carboxylic acids is 4. The average Bonchev–Trinajstić information content (AvgIpc) is 4.35. The van der Waals surface area contributed by atoms with Gasteiger partial charge in [-0.1, -0.05) is 23.2 Å². The highest BCUT2D eigenvalue weighted by Crippen LogP contribution is 2.37. The van der Waals surface area contributed by atoms with Crippen molar-refractivity contribution >= 4 is 71.0 Å². The van der Waals surface area contributed by atoms with E-state index in [9.17, 15) is 36.7 Å². The molecule has 0 saturated heterocycles. The van der Waals surface area contributed by atoms with Gasteiger partial charge in [-0.2, -0.15) is 10.2 Å². The number of ether oxygens (including phenoxy) is 2. The van der Waals surface area contributed by atoms with E-state index in [1.165, 1.54) is 60.9 Å². The summed E-state index contributed by atoms with van der Waals surface area (Å²) in [5, 5.41) is 14.2. The number of carbonyl (C=O) groups is 4. The van der Waals surface area contributed by atoms with E-state index in [-0.39, 0.29) is 64.0 Å². The van der Waals surface area contributed by atoms with Crippen LogP contribution in [0.2, 0.25) is 10.0 Å². The summed E-state index contributed by atoms with van der Waals surface area (Å²) >= 11 is 11.4. The Morgan fingerprint density at radius 1 is 0.743 bits per heavy atom. The third-order valence-corrected chi connectivity index (χ3v) is 10.6. The van der Waals surface area contributed by atoms with Crippen molar-refractivity contribution in [3.05, 3.63) is 170 Å². The molecule has 0 aliphatic heterocycles. The Morgan fingerprint density at radius 3 is 1.77 bits per heavy atom. The van der Waals surface area contributed by atoms with Crippen LogP contribution in [-0.4, -0.2) is 63.1 Å². The third kappa shape index (κ3) is 12.8. The number of nitrogens with one attached hydrogen (secondary N) is 3. The third-order valence-electron chi connectivity index (χ3n) is 10.0. The van der Waals surface area contributed by atoms with Gasteiger partial charge in [0.25, 0.3) is 11.8 Å². The molecule has 3 aromatic heterocycles. The average molecular weight is 1040 g/mol. The lowest BCUT2D eigenvalue weighted by molar-refractivity contribution is 0.101. The largest absolute Gasteiger partial charge is 0.441 e. The highest BCUT2D eigenvalue weighted by atomic mass is 35.5. The Bertz CT molecular complexity index is 3450. The number of nitrogens with two attached hydrogens (primary N) is 1. The Hall–Kier alpha value is -7.40. The van der Waals surface area contributed by atoms with Gasteiger partial charge in [0.05, 0.1) is 21.6 Å². The van der Waals surface area contributed by atoms with Gasteiger partial charge < -0.3 is 31.2 Å². The van der Waals surface area contributed by atoms with E-state index in [1.807, 2.05) is 0 Å². The molecule has 0 unspecified atom stereocenters. The number of benzene rings is 4. The van der Waals surface area contributed by atoms with Crippen molar-refractivity contribution in [2.75, 3.05) is 10.6 Å². The van der Waals surface area contributed by atoms with Crippen molar-refractivity contribution in [2.24, 2.45) is 19.7 Å². The second-order valence-electron chi connectivity index (χ2n) is 14.5. The lowest BCUT2D eigenvalue weighted by atomic mass is 10.0. The molecule has 0 saturated carbocycles. The number of fused-ring (bicyclic) bond motifs is 2. The first-order valence-electron chi connectivity index (χ1n) is 24.9. The molecule has 3 amide bonds. The Kier molecular flexibility index (Phi) is 13.1.